The Labute approximate surface area is 179 Å². The molecule has 0 heterocycles. The quantitative estimate of drug-likeness (QED) is 0.341. The maximum Gasteiger partial charge on any atom is 0.191 e. The highest BCUT2D eigenvalue weighted by atomic mass is 127. The first-order valence-electron chi connectivity index (χ1n) is 8.88. The Morgan fingerprint density at radius 1 is 1.00 bits per heavy atom. The zero-order chi connectivity index (χ0) is 18.8. The molecule has 0 aliphatic heterocycles. The van der Waals surface area contributed by atoms with E-state index in [2.05, 4.69) is 40.7 Å². The van der Waals surface area contributed by atoms with Gasteiger partial charge in [-0.15, -0.1) is 24.0 Å². The van der Waals surface area contributed by atoms with Gasteiger partial charge in [0.1, 0.15) is 11.5 Å². The maximum atomic E-state index is 5.45. The van der Waals surface area contributed by atoms with Gasteiger partial charge < -0.3 is 20.1 Å². The topological polar surface area (TPSA) is 54.9 Å². The molecule has 0 aromatic heterocycles. The van der Waals surface area contributed by atoms with Crippen LogP contribution in [-0.2, 0) is 6.42 Å². The zero-order valence-corrected chi connectivity index (χ0v) is 18.8. The number of guanidine groups is 1. The molecule has 0 radical (unpaired) electrons. The van der Waals surface area contributed by atoms with Crippen molar-refractivity contribution in [1.82, 2.24) is 10.6 Å². The summed E-state index contributed by atoms with van der Waals surface area (Å²) < 4.78 is 10.6. The fourth-order valence-electron chi connectivity index (χ4n) is 2.77. The van der Waals surface area contributed by atoms with Crippen LogP contribution in [0.1, 0.15) is 24.0 Å². The van der Waals surface area contributed by atoms with Gasteiger partial charge in [-0.05, 0) is 35.7 Å². The molecule has 0 saturated heterocycles. The Morgan fingerprint density at radius 3 is 2.33 bits per heavy atom. The molecule has 1 unspecified atom stereocenters. The van der Waals surface area contributed by atoms with E-state index in [9.17, 15) is 0 Å². The van der Waals surface area contributed by atoms with Crippen LogP contribution in [0.15, 0.2) is 53.5 Å². The Morgan fingerprint density at radius 2 is 1.70 bits per heavy atom. The van der Waals surface area contributed by atoms with E-state index in [4.69, 9.17) is 9.47 Å². The predicted molar refractivity (Wildman–Crippen MR) is 123 cm³/mol. The fourth-order valence-corrected chi connectivity index (χ4v) is 2.77. The molecular weight excluding hydrogens is 453 g/mol. The van der Waals surface area contributed by atoms with Crippen molar-refractivity contribution in [2.24, 2.45) is 4.99 Å². The van der Waals surface area contributed by atoms with E-state index < -0.39 is 0 Å². The van der Waals surface area contributed by atoms with E-state index in [0.29, 0.717) is 5.92 Å². The molecule has 2 aromatic rings. The first-order valence-corrected chi connectivity index (χ1v) is 8.88. The summed E-state index contributed by atoms with van der Waals surface area (Å²) >= 11 is 0. The number of nitrogens with one attached hydrogen (secondary N) is 2. The molecule has 6 heteroatoms. The van der Waals surface area contributed by atoms with Crippen molar-refractivity contribution in [2.45, 2.75) is 19.3 Å². The van der Waals surface area contributed by atoms with Crippen molar-refractivity contribution < 1.29 is 9.47 Å². The Hall–Kier alpha value is -1.96. The summed E-state index contributed by atoms with van der Waals surface area (Å²) in [7, 11) is 5.17. The lowest BCUT2D eigenvalue weighted by Crippen LogP contribution is -2.39. The van der Waals surface area contributed by atoms with Crippen LogP contribution in [0.2, 0.25) is 0 Å². The van der Waals surface area contributed by atoms with E-state index in [1.807, 2.05) is 30.3 Å². The molecule has 2 rings (SSSR count). The lowest BCUT2D eigenvalue weighted by molar-refractivity contribution is 0.406. The predicted octanol–water partition coefficient (Wildman–Crippen LogP) is 3.83. The van der Waals surface area contributed by atoms with Crippen molar-refractivity contribution in [1.29, 1.82) is 0 Å². The minimum absolute atomic E-state index is 0. The highest BCUT2D eigenvalue weighted by Gasteiger charge is 2.11. The van der Waals surface area contributed by atoms with Crippen LogP contribution in [0.5, 0.6) is 11.5 Å². The van der Waals surface area contributed by atoms with Crippen LogP contribution in [0.25, 0.3) is 0 Å². The molecule has 0 aliphatic rings. The number of rotatable bonds is 8. The summed E-state index contributed by atoms with van der Waals surface area (Å²) in [6, 6.07) is 16.3. The molecule has 2 aromatic carbocycles. The second kappa shape index (κ2) is 12.4. The van der Waals surface area contributed by atoms with Crippen molar-refractivity contribution >= 4 is 29.9 Å². The highest BCUT2D eigenvalue weighted by Crippen LogP contribution is 2.25. The molecule has 0 fully saturated rings. The molecule has 0 spiro atoms. The lowest BCUT2D eigenvalue weighted by atomic mass is 10.0. The van der Waals surface area contributed by atoms with Crippen LogP contribution < -0.4 is 20.1 Å². The number of hydrogen-bond donors (Lipinski definition) is 2. The third-order valence-corrected chi connectivity index (χ3v) is 4.33. The van der Waals surface area contributed by atoms with Crippen LogP contribution in [0.3, 0.4) is 0 Å². The minimum atomic E-state index is 0. The Kier molecular flexibility index (Phi) is 10.6. The van der Waals surface area contributed by atoms with Gasteiger partial charge in [0.2, 0.25) is 0 Å². The number of hydrogen-bond acceptors (Lipinski definition) is 3. The van der Waals surface area contributed by atoms with Gasteiger partial charge in [0, 0.05) is 26.1 Å². The van der Waals surface area contributed by atoms with Gasteiger partial charge in [0.15, 0.2) is 5.96 Å². The van der Waals surface area contributed by atoms with Gasteiger partial charge in [0.25, 0.3) is 0 Å². The summed E-state index contributed by atoms with van der Waals surface area (Å²) in [5, 5.41) is 6.75. The number of halogens is 1. The van der Waals surface area contributed by atoms with Crippen molar-refractivity contribution in [2.75, 3.05) is 34.4 Å². The van der Waals surface area contributed by atoms with Crippen LogP contribution in [-0.4, -0.2) is 40.3 Å². The summed E-state index contributed by atoms with van der Waals surface area (Å²) in [6.45, 7) is 3.77. The van der Waals surface area contributed by atoms with Crippen LogP contribution >= 0.6 is 24.0 Å². The van der Waals surface area contributed by atoms with Crippen molar-refractivity contribution in [3.63, 3.8) is 0 Å². The Bertz CT molecular complexity index is 705. The third kappa shape index (κ3) is 7.28. The largest absolute Gasteiger partial charge is 0.497 e. The number of para-hydroxylation sites is 1. The standard InChI is InChI=1S/C21H29N3O2.HI/c1-16(19-7-5-6-8-20(19)26-4)15-24-21(22-2)23-14-13-17-9-11-18(25-3)12-10-17;/h5-12,16H,13-15H2,1-4H3,(H2,22,23,24);1H. The first kappa shape index (κ1) is 23.1. The SMILES string of the molecule is CN=C(NCCc1ccc(OC)cc1)NCC(C)c1ccccc1OC.I. The molecule has 0 aliphatic carbocycles. The molecule has 5 nitrogen and oxygen atoms in total. The smallest absolute Gasteiger partial charge is 0.191 e. The molecule has 27 heavy (non-hydrogen) atoms. The molecular formula is C21H30IN3O2. The number of nitrogens with zero attached hydrogens (tertiary/aromatic N) is 1. The third-order valence-electron chi connectivity index (χ3n) is 4.33. The average Bonchev–Trinajstić information content (AvgIpc) is 2.70. The highest BCUT2D eigenvalue weighted by molar-refractivity contribution is 14.0. The van der Waals surface area contributed by atoms with Crippen LogP contribution in [0.4, 0.5) is 0 Å². The fraction of sp³-hybridized carbons (Fsp3) is 0.381. The number of aliphatic imine (C=N–C) groups is 1. The normalized spacial score (nSPS) is 11.9. The average molecular weight is 483 g/mol. The molecule has 148 valence electrons. The van der Waals surface area contributed by atoms with Gasteiger partial charge in [-0.25, -0.2) is 0 Å². The molecule has 1 atom stereocenters. The van der Waals surface area contributed by atoms with Gasteiger partial charge in [-0.2, -0.15) is 0 Å². The van der Waals surface area contributed by atoms with Gasteiger partial charge in [0.05, 0.1) is 14.2 Å². The summed E-state index contributed by atoms with van der Waals surface area (Å²) in [4.78, 5) is 4.30. The Balaban J connectivity index is 0.00000364. The summed E-state index contributed by atoms with van der Waals surface area (Å²) in [6.07, 6.45) is 0.923. The zero-order valence-electron chi connectivity index (χ0n) is 16.5. The second-order valence-electron chi connectivity index (χ2n) is 6.12. The first-order chi connectivity index (χ1) is 12.7. The van der Waals surface area contributed by atoms with Gasteiger partial charge in [-0.1, -0.05) is 37.3 Å². The van der Waals surface area contributed by atoms with Gasteiger partial charge in [-0.3, -0.25) is 4.99 Å². The lowest BCUT2D eigenvalue weighted by Gasteiger charge is -2.18. The van der Waals surface area contributed by atoms with E-state index in [1.54, 1.807) is 21.3 Å². The molecule has 2 N–H and O–H groups in total. The maximum absolute atomic E-state index is 5.45. The van der Waals surface area contributed by atoms with Gasteiger partial charge >= 0.3 is 0 Å². The number of ether oxygens (including phenoxy) is 2. The van der Waals surface area contributed by atoms with E-state index in [-0.39, 0.29) is 24.0 Å². The van der Waals surface area contributed by atoms with Crippen molar-refractivity contribution in [3.05, 3.63) is 59.7 Å². The van der Waals surface area contributed by atoms with Crippen molar-refractivity contribution in [3.8, 4) is 11.5 Å². The van der Waals surface area contributed by atoms with E-state index in [0.717, 1.165) is 37.0 Å². The second-order valence-corrected chi connectivity index (χ2v) is 6.12. The molecule has 0 bridgehead atoms. The monoisotopic (exact) mass is 483 g/mol. The number of benzene rings is 2. The number of methoxy groups -OCH3 is 2. The van der Waals surface area contributed by atoms with E-state index in [1.165, 1.54) is 11.1 Å². The molecule has 0 saturated carbocycles. The summed E-state index contributed by atoms with van der Waals surface area (Å²) in [5.41, 5.74) is 2.45. The minimum Gasteiger partial charge on any atom is -0.497 e. The van der Waals surface area contributed by atoms with E-state index >= 15 is 0 Å². The summed E-state index contributed by atoms with van der Waals surface area (Å²) in [5.74, 6) is 2.92. The van der Waals surface area contributed by atoms with Crippen LogP contribution in [0, 0.1) is 0 Å². The molecule has 0 amide bonds.